The van der Waals surface area contributed by atoms with Gasteiger partial charge in [0.05, 0.1) is 29.3 Å². The van der Waals surface area contributed by atoms with E-state index in [9.17, 15) is 23.2 Å². The molecule has 4 N–H and O–H groups in total. The zero-order valence-electron chi connectivity index (χ0n) is 22.4. The molecule has 38 heavy (non-hydrogen) atoms. The van der Waals surface area contributed by atoms with Crippen molar-refractivity contribution in [3.05, 3.63) is 41.9 Å². The van der Waals surface area contributed by atoms with Crippen LogP contribution in [0.2, 0.25) is 0 Å². The number of aromatic amines is 1. The van der Waals surface area contributed by atoms with Crippen LogP contribution in [0.4, 0.5) is 8.78 Å². The van der Waals surface area contributed by atoms with Gasteiger partial charge in [-0.3, -0.25) is 14.4 Å². The Morgan fingerprint density at radius 2 is 1.95 bits per heavy atom. The maximum Gasteiger partial charge on any atom is 0.225 e. The highest BCUT2D eigenvalue weighted by Gasteiger charge is 2.60. The normalized spacial score (nSPS) is 21.7. The number of imidazole rings is 1. The number of hydrogen-bond donors (Lipinski definition) is 3. The molecule has 1 aliphatic carbocycles. The lowest BCUT2D eigenvalue weighted by atomic mass is 9.48. The van der Waals surface area contributed by atoms with Gasteiger partial charge in [-0.2, -0.15) is 0 Å². The number of aromatic nitrogens is 2. The number of benzene rings is 1. The number of nitrogens with two attached hydrogens (primary N) is 1. The van der Waals surface area contributed by atoms with Crippen molar-refractivity contribution in [2.45, 2.75) is 78.3 Å². The summed E-state index contributed by atoms with van der Waals surface area (Å²) in [7, 11) is 0. The number of carbonyl (C=O) groups is 3. The Morgan fingerprint density at radius 3 is 2.55 bits per heavy atom. The van der Waals surface area contributed by atoms with Crippen LogP contribution in [-0.2, 0) is 14.4 Å². The minimum Gasteiger partial charge on any atom is -0.369 e. The molecule has 1 aromatic carbocycles. The number of rotatable bonds is 8. The fraction of sp³-hybridized carbons (Fsp3) is 0.571. The average Bonchev–Trinajstić information content (AvgIpc) is 3.31. The Balaban J connectivity index is 1.55. The molecule has 2 heterocycles. The van der Waals surface area contributed by atoms with Gasteiger partial charge in [0, 0.05) is 30.6 Å². The minimum absolute atomic E-state index is 0.0784. The van der Waals surface area contributed by atoms with E-state index >= 15 is 0 Å². The van der Waals surface area contributed by atoms with Crippen molar-refractivity contribution in [2.24, 2.45) is 22.5 Å². The predicted octanol–water partition coefficient (Wildman–Crippen LogP) is 4.23. The molecule has 1 aliphatic heterocycles. The third-order valence-corrected chi connectivity index (χ3v) is 8.15. The Hall–Kier alpha value is -3.30. The number of primary amides is 1. The van der Waals surface area contributed by atoms with E-state index in [0.717, 1.165) is 31.4 Å². The standard InChI is InChI=1S/C28H37F2N5O3/c1-16-7-5-6-10-35(16)23(36)12-20(28(26(31)38)14-27(3,4)15-28)25(37)33-17(2)24-32-13-22(34-24)19-9-8-18(29)11-21(19)30/h8-9,11,13,16-17,20H,5-7,10,12,14-15H2,1-4H3,(H2,31,38)(H,32,34)(H,33,37)/t16-,17-,20+/m0/s1. The van der Waals surface area contributed by atoms with E-state index in [1.54, 1.807) is 6.92 Å². The van der Waals surface area contributed by atoms with Gasteiger partial charge in [0.15, 0.2) is 0 Å². The molecular formula is C28H37F2N5O3. The van der Waals surface area contributed by atoms with Gasteiger partial charge in [0.2, 0.25) is 17.7 Å². The molecule has 0 spiro atoms. The van der Waals surface area contributed by atoms with Gasteiger partial charge in [-0.05, 0) is 63.5 Å². The molecule has 2 fully saturated rings. The number of likely N-dealkylation sites (tertiary alicyclic amines) is 1. The lowest BCUT2D eigenvalue weighted by molar-refractivity contribution is -0.161. The maximum atomic E-state index is 14.2. The SMILES string of the molecule is C[C@H](NC(=O)[C@@H](CC(=O)N1CCCC[C@@H]1C)C1(C(N)=O)CC(C)(C)C1)c1ncc(-c2ccc(F)cc2F)[nH]1. The van der Waals surface area contributed by atoms with Crippen molar-refractivity contribution >= 4 is 17.7 Å². The summed E-state index contributed by atoms with van der Waals surface area (Å²) in [6.45, 7) is 8.37. The number of halogens is 2. The largest absolute Gasteiger partial charge is 0.369 e. The van der Waals surface area contributed by atoms with E-state index in [1.807, 2.05) is 25.7 Å². The number of nitrogens with zero attached hydrogens (tertiary/aromatic N) is 2. The van der Waals surface area contributed by atoms with Crippen LogP contribution in [0.1, 0.15) is 78.1 Å². The van der Waals surface area contributed by atoms with Crippen molar-refractivity contribution < 1.29 is 23.2 Å². The molecule has 2 aliphatic rings. The molecule has 0 bridgehead atoms. The Bertz CT molecular complexity index is 1220. The average molecular weight is 530 g/mol. The molecule has 3 amide bonds. The molecule has 0 radical (unpaired) electrons. The first-order chi connectivity index (χ1) is 17.8. The summed E-state index contributed by atoms with van der Waals surface area (Å²) in [6.07, 6.45) is 5.01. The van der Waals surface area contributed by atoms with Gasteiger partial charge in [-0.1, -0.05) is 13.8 Å². The zero-order valence-corrected chi connectivity index (χ0v) is 22.4. The van der Waals surface area contributed by atoms with Crippen LogP contribution >= 0.6 is 0 Å². The Morgan fingerprint density at radius 1 is 1.24 bits per heavy atom. The van der Waals surface area contributed by atoms with Crippen LogP contribution in [0, 0.1) is 28.4 Å². The second-order valence-electron chi connectivity index (χ2n) is 11.8. The van der Waals surface area contributed by atoms with Crippen molar-refractivity contribution in [1.82, 2.24) is 20.2 Å². The van der Waals surface area contributed by atoms with E-state index < -0.39 is 40.8 Å². The molecule has 1 saturated heterocycles. The molecule has 206 valence electrons. The molecular weight excluding hydrogens is 492 g/mol. The number of nitrogens with one attached hydrogen (secondary N) is 2. The first-order valence-electron chi connectivity index (χ1n) is 13.2. The molecule has 2 aromatic rings. The summed E-state index contributed by atoms with van der Waals surface area (Å²) < 4.78 is 27.6. The molecule has 3 atom stereocenters. The first-order valence-corrected chi connectivity index (χ1v) is 13.2. The van der Waals surface area contributed by atoms with Gasteiger partial charge in [-0.15, -0.1) is 0 Å². The van der Waals surface area contributed by atoms with E-state index in [-0.39, 0.29) is 29.3 Å². The van der Waals surface area contributed by atoms with Gasteiger partial charge in [0.1, 0.15) is 17.5 Å². The van der Waals surface area contributed by atoms with E-state index in [0.29, 0.717) is 30.9 Å². The molecule has 1 aromatic heterocycles. The molecule has 0 unspecified atom stereocenters. The zero-order chi connectivity index (χ0) is 27.8. The maximum absolute atomic E-state index is 14.2. The third kappa shape index (κ3) is 5.44. The minimum atomic E-state index is -1.12. The summed E-state index contributed by atoms with van der Waals surface area (Å²) in [5, 5.41) is 2.90. The molecule has 1 saturated carbocycles. The quantitative estimate of drug-likeness (QED) is 0.474. The van der Waals surface area contributed by atoms with Crippen LogP contribution in [0.5, 0.6) is 0 Å². The lowest BCUT2D eigenvalue weighted by Crippen LogP contribution is -2.60. The molecule has 8 nitrogen and oxygen atoms in total. The second-order valence-corrected chi connectivity index (χ2v) is 11.8. The van der Waals surface area contributed by atoms with Gasteiger partial charge < -0.3 is 20.9 Å². The molecule has 4 rings (SSSR count). The number of piperidine rings is 1. The van der Waals surface area contributed by atoms with Crippen LogP contribution in [0.25, 0.3) is 11.3 Å². The lowest BCUT2D eigenvalue weighted by Gasteiger charge is -2.54. The highest BCUT2D eigenvalue weighted by molar-refractivity contribution is 5.94. The highest BCUT2D eigenvalue weighted by Crippen LogP contribution is 2.59. The van der Waals surface area contributed by atoms with Gasteiger partial charge in [0.25, 0.3) is 0 Å². The van der Waals surface area contributed by atoms with Crippen molar-refractivity contribution in [3.8, 4) is 11.3 Å². The van der Waals surface area contributed by atoms with Crippen LogP contribution in [0.15, 0.2) is 24.4 Å². The topological polar surface area (TPSA) is 121 Å². The number of hydrogen-bond acceptors (Lipinski definition) is 4. The van der Waals surface area contributed by atoms with Crippen molar-refractivity contribution in [1.29, 1.82) is 0 Å². The second kappa shape index (κ2) is 10.5. The summed E-state index contributed by atoms with van der Waals surface area (Å²) >= 11 is 0. The highest BCUT2D eigenvalue weighted by atomic mass is 19.1. The first kappa shape index (κ1) is 27.7. The van der Waals surface area contributed by atoms with E-state index in [1.165, 1.54) is 12.3 Å². The fourth-order valence-electron chi connectivity index (χ4n) is 6.33. The smallest absolute Gasteiger partial charge is 0.225 e. The predicted molar refractivity (Wildman–Crippen MR) is 138 cm³/mol. The summed E-state index contributed by atoms with van der Waals surface area (Å²) in [6, 6.07) is 2.69. The van der Waals surface area contributed by atoms with Gasteiger partial charge >= 0.3 is 0 Å². The summed E-state index contributed by atoms with van der Waals surface area (Å²) in [4.78, 5) is 48.9. The summed E-state index contributed by atoms with van der Waals surface area (Å²) in [5.74, 6) is -3.17. The fourth-order valence-corrected chi connectivity index (χ4v) is 6.33. The third-order valence-electron chi connectivity index (χ3n) is 8.15. The number of H-pyrrole nitrogens is 1. The summed E-state index contributed by atoms with van der Waals surface area (Å²) in [5.41, 5.74) is 5.07. The van der Waals surface area contributed by atoms with Crippen LogP contribution in [-0.4, -0.2) is 45.2 Å². The number of amides is 3. The van der Waals surface area contributed by atoms with Crippen LogP contribution in [0.3, 0.4) is 0 Å². The Kier molecular flexibility index (Phi) is 7.63. The van der Waals surface area contributed by atoms with E-state index in [2.05, 4.69) is 15.3 Å². The van der Waals surface area contributed by atoms with Crippen molar-refractivity contribution in [2.75, 3.05) is 6.54 Å². The number of carbonyl (C=O) groups excluding carboxylic acids is 3. The molecule has 10 heteroatoms. The van der Waals surface area contributed by atoms with Gasteiger partial charge in [-0.25, -0.2) is 13.8 Å². The van der Waals surface area contributed by atoms with Crippen LogP contribution < -0.4 is 11.1 Å². The monoisotopic (exact) mass is 529 g/mol. The van der Waals surface area contributed by atoms with E-state index in [4.69, 9.17) is 5.73 Å². The van der Waals surface area contributed by atoms with Crippen molar-refractivity contribution in [3.63, 3.8) is 0 Å². The Labute approximate surface area is 221 Å².